The van der Waals surface area contributed by atoms with Crippen LogP contribution in [0.25, 0.3) is 0 Å². The van der Waals surface area contributed by atoms with Gasteiger partial charge in [-0.05, 0) is 18.2 Å². The van der Waals surface area contributed by atoms with Gasteiger partial charge >= 0.3 is 0 Å². The fourth-order valence-corrected chi connectivity index (χ4v) is 2.67. The molecule has 0 aliphatic heterocycles. The fraction of sp³-hybridized carbons (Fsp3) is 0.0714. The van der Waals surface area contributed by atoms with Gasteiger partial charge in [0.1, 0.15) is 5.69 Å². The summed E-state index contributed by atoms with van der Waals surface area (Å²) >= 11 is 7.27. The minimum atomic E-state index is -0.531. The van der Waals surface area contributed by atoms with E-state index in [9.17, 15) is 14.9 Å². The van der Waals surface area contributed by atoms with Crippen LogP contribution in [-0.2, 0) is 4.79 Å². The van der Waals surface area contributed by atoms with E-state index < -0.39 is 4.92 Å². The monoisotopic (exact) mass is 322 g/mol. The Hall–Kier alpha value is -2.05. The molecular formula is C14H11ClN2O3S. The van der Waals surface area contributed by atoms with E-state index in [0.717, 1.165) is 4.90 Å². The molecule has 7 heteroatoms. The number of benzene rings is 2. The smallest absolute Gasteiger partial charge is 0.292 e. The van der Waals surface area contributed by atoms with Crippen molar-refractivity contribution in [3.8, 4) is 0 Å². The van der Waals surface area contributed by atoms with E-state index >= 15 is 0 Å². The number of rotatable bonds is 5. The van der Waals surface area contributed by atoms with Crippen molar-refractivity contribution < 1.29 is 9.72 Å². The minimum absolute atomic E-state index is 0.121. The molecule has 1 N–H and O–H groups in total. The second-order valence-electron chi connectivity index (χ2n) is 4.04. The number of halogens is 1. The zero-order valence-electron chi connectivity index (χ0n) is 10.8. The first-order chi connectivity index (χ1) is 10.1. The largest absolute Gasteiger partial charge is 0.320 e. The molecule has 108 valence electrons. The number of nitrogens with zero attached hydrogens (tertiary/aromatic N) is 1. The third-order valence-corrected chi connectivity index (χ3v) is 4.09. The van der Waals surface area contributed by atoms with E-state index in [1.165, 1.54) is 23.9 Å². The van der Waals surface area contributed by atoms with E-state index in [4.69, 9.17) is 11.6 Å². The number of nitrogens with one attached hydrogen (secondary N) is 1. The van der Waals surface area contributed by atoms with Gasteiger partial charge in [-0.2, -0.15) is 0 Å². The van der Waals surface area contributed by atoms with Crippen LogP contribution in [0.5, 0.6) is 0 Å². The Labute approximate surface area is 130 Å². The van der Waals surface area contributed by atoms with Gasteiger partial charge in [0, 0.05) is 11.0 Å². The van der Waals surface area contributed by atoms with Gasteiger partial charge in [-0.1, -0.05) is 35.9 Å². The molecule has 0 aromatic heterocycles. The number of hydrogen-bond acceptors (Lipinski definition) is 4. The molecule has 0 atom stereocenters. The van der Waals surface area contributed by atoms with E-state index in [0.29, 0.717) is 5.02 Å². The Morgan fingerprint density at radius 3 is 2.57 bits per heavy atom. The molecule has 2 rings (SSSR count). The summed E-state index contributed by atoms with van der Waals surface area (Å²) in [6, 6.07) is 13.2. The first kappa shape index (κ1) is 15.3. The number of carbonyl (C=O) groups excluding carboxylic acids is 1. The van der Waals surface area contributed by atoms with Crippen LogP contribution in [0, 0.1) is 10.1 Å². The van der Waals surface area contributed by atoms with Crippen LogP contribution in [0.1, 0.15) is 0 Å². The second kappa shape index (κ2) is 7.10. The molecule has 1 amide bonds. The molecule has 0 aliphatic rings. The van der Waals surface area contributed by atoms with E-state index in [-0.39, 0.29) is 23.0 Å². The molecule has 2 aromatic carbocycles. The van der Waals surface area contributed by atoms with Gasteiger partial charge in [0.25, 0.3) is 5.69 Å². The highest BCUT2D eigenvalue weighted by atomic mass is 35.5. The molecule has 2 aromatic rings. The van der Waals surface area contributed by atoms with Crippen LogP contribution in [0.3, 0.4) is 0 Å². The summed E-state index contributed by atoms with van der Waals surface area (Å²) in [5.41, 5.74) is 0.0563. The van der Waals surface area contributed by atoms with Crippen molar-refractivity contribution in [3.05, 3.63) is 63.7 Å². The molecule has 0 spiro atoms. The van der Waals surface area contributed by atoms with Crippen molar-refractivity contribution in [2.75, 3.05) is 11.1 Å². The fourth-order valence-electron chi connectivity index (χ4n) is 1.63. The summed E-state index contributed by atoms with van der Waals surface area (Å²) in [5.74, 6) is -0.204. The normalized spacial score (nSPS) is 10.1. The lowest BCUT2D eigenvalue weighted by Crippen LogP contribution is -2.15. The van der Waals surface area contributed by atoms with Crippen LogP contribution >= 0.6 is 23.4 Å². The summed E-state index contributed by atoms with van der Waals surface area (Å²) in [6.07, 6.45) is 0. The third kappa shape index (κ3) is 4.21. The van der Waals surface area contributed by atoms with Crippen LogP contribution in [0.2, 0.25) is 5.02 Å². The second-order valence-corrected chi connectivity index (χ2v) is 5.47. The molecule has 0 saturated carbocycles. The SMILES string of the molecule is O=C(CSc1ccccc1Cl)Nc1ccccc1[N+](=O)[O-]. The van der Waals surface area contributed by atoms with Gasteiger partial charge in [0.05, 0.1) is 15.7 Å². The van der Waals surface area contributed by atoms with Crippen molar-refractivity contribution in [2.24, 2.45) is 0 Å². The number of nitro benzene ring substituents is 1. The van der Waals surface area contributed by atoms with Gasteiger partial charge in [-0.25, -0.2) is 0 Å². The van der Waals surface area contributed by atoms with Crippen molar-refractivity contribution in [1.82, 2.24) is 0 Å². The Kier molecular flexibility index (Phi) is 5.19. The van der Waals surface area contributed by atoms with Gasteiger partial charge in [0.15, 0.2) is 0 Å². The molecule has 21 heavy (non-hydrogen) atoms. The van der Waals surface area contributed by atoms with E-state index in [1.54, 1.807) is 24.3 Å². The summed E-state index contributed by atoms with van der Waals surface area (Å²) in [5, 5.41) is 14.0. The highest BCUT2D eigenvalue weighted by molar-refractivity contribution is 8.00. The Bertz CT molecular complexity index is 679. The van der Waals surface area contributed by atoms with Crippen molar-refractivity contribution in [2.45, 2.75) is 4.90 Å². The minimum Gasteiger partial charge on any atom is -0.320 e. The Morgan fingerprint density at radius 1 is 1.19 bits per heavy atom. The molecule has 0 saturated heterocycles. The number of nitro groups is 1. The molecule has 0 fully saturated rings. The number of carbonyl (C=O) groups is 1. The van der Waals surface area contributed by atoms with Gasteiger partial charge in [-0.3, -0.25) is 14.9 Å². The quantitative estimate of drug-likeness (QED) is 0.513. The molecule has 0 radical (unpaired) electrons. The average Bonchev–Trinajstić information content (AvgIpc) is 2.47. The first-order valence-electron chi connectivity index (χ1n) is 5.98. The summed E-state index contributed by atoms with van der Waals surface area (Å²) in [4.78, 5) is 23.0. The summed E-state index contributed by atoms with van der Waals surface area (Å²) in [7, 11) is 0. The predicted octanol–water partition coefficient (Wildman–Crippen LogP) is 3.98. The average molecular weight is 323 g/mol. The van der Waals surface area contributed by atoms with Crippen LogP contribution < -0.4 is 5.32 Å². The number of amides is 1. The lowest BCUT2D eigenvalue weighted by Gasteiger charge is -2.06. The third-order valence-electron chi connectivity index (χ3n) is 2.57. The van der Waals surface area contributed by atoms with E-state index in [2.05, 4.69) is 5.32 Å². The van der Waals surface area contributed by atoms with Gasteiger partial charge in [-0.15, -0.1) is 11.8 Å². The molecule has 0 aliphatic carbocycles. The van der Waals surface area contributed by atoms with Crippen molar-refractivity contribution in [1.29, 1.82) is 0 Å². The van der Waals surface area contributed by atoms with Crippen LogP contribution in [0.4, 0.5) is 11.4 Å². The number of thioether (sulfide) groups is 1. The summed E-state index contributed by atoms with van der Waals surface area (Å²) < 4.78 is 0. The molecule has 0 unspecified atom stereocenters. The maximum Gasteiger partial charge on any atom is 0.292 e. The van der Waals surface area contributed by atoms with E-state index in [1.807, 2.05) is 12.1 Å². The van der Waals surface area contributed by atoms with Gasteiger partial charge in [0.2, 0.25) is 5.91 Å². The highest BCUT2D eigenvalue weighted by Gasteiger charge is 2.14. The predicted molar refractivity (Wildman–Crippen MR) is 83.9 cm³/mol. The van der Waals surface area contributed by atoms with Crippen LogP contribution in [0.15, 0.2) is 53.4 Å². The van der Waals surface area contributed by atoms with Crippen molar-refractivity contribution in [3.63, 3.8) is 0 Å². The molecule has 5 nitrogen and oxygen atoms in total. The number of hydrogen-bond donors (Lipinski definition) is 1. The molecule has 0 heterocycles. The zero-order valence-corrected chi connectivity index (χ0v) is 12.4. The summed E-state index contributed by atoms with van der Waals surface area (Å²) in [6.45, 7) is 0. The lowest BCUT2D eigenvalue weighted by molar-refractivity contribution is -0.383. The number of anilines is 1. The Morgan fingerprint density at radius 2 is 1.86 bits per heavy atom. The lowest BCUT2D eigenvalue weighted by atomic mass is 10.2. The Balaban J connectivity index is 2.00. The molecular weight excluding hydrogens is 312 g/mol. The number of para-hydroxylation sites is 2. The zero-order chi connectivity index (χ0) is 15.2. The first-order valence-corrected chi connectivity index (χ1v) is 7.35. The van der Waals surface area contributed by atoms with Gasteiger partial charge < -0.3 is 5.32 Å². The van der Waals surface area contributed by atoms with Crippen LogP contribution in [-0.4, -0.2) is 16.6 Å². The molecule has 0 bridgehead atoms. The maximum atomic E-state index is 11.9. The maximum absolute atomic E-state index is 11.9. The standard InChI is InChI=1S/C14H11ClN2O3S/c15-10-5-1-4-8-13(10)21-9-14(18)16-11-6-2-3-7-12(11)17(19)20/h1-8H,9H2,(H,16,18). The topological polar surface area (TPSA) is 72.2 Å². The van der Waals surface area contributed by atoms with Crippen molar-refractivity contribution >= 4 is 40.6 Å². The highest BCUT2D eigenvalue weighted by Crippen LogP contribution is 2.27.